The Bertz CT molecular complexity index is 400. The molecule has 2 rings (SSSR count). The van der Waals surface area contributed by atoms with E-state index in [2.05, 4.69) is 11.8 Å². The van der Waals surface area contributed by atoms with E-state index in [9.17, 15) is 9.59 Å². The molecule has 2 unspecified atom stereocenters. The van der Waals surface area contributed by atoms with Gasteiger partial charge in [-0.25, -0.2) is 0 Å². The quantitative estimate of drug-likeness (QED) is 0.746. The molecule has 0 spiro atoms. The number of nitrogens with zero attached hydrogens (tertiary/aromatic N) is 2. The second-order valence-electron chi connectivity index (χ2n) is 7.72. The van der Waals surface area contributed by atoms with Crippen LogP contribution in [0.4, 0.5) is 0 Å². The molecule has 0 aliphatic carbocycles. The van der Waals surface area contributed by atoms with Gasteiger partial charge < -0.3 is 9.80 Å². The zero-order chi connectivity index (χ0) is 15.6. The summed E-state index contributed by atoms with van der Waals surface area (Å²) in [4.78, 5) is 29.2. The number of piperidine rings is 2. The van der Waals surface area contributed by atoms with E-state index < -0.39 is 0 Å². The van der Waals surface area contributed by atoms with Gasteiger partial charge in [0.2, 0.25) is 11.8 Å². The number of likely N-dealkylation sites (tertiary alicyclic amines) is 2. The summed E-state index contributed by atoms with van der Waals surface area (Å²) in [6.07, 6.45) is 5.33. The summed E-state index contributed by atoms with van der Waals surface area (Å²) < 4.78 is 0. The predicted octanol–water partition coefficient (Wildman–Crippen LogP) is 2.67. The lowest BCUT2D eigenvalue weighted by Crippen LogP contribution is -2.51. The number of carbonyl (C=O) groups is 2. The van der Waals surface area contributed by atoms with Gasteiger partial charge in [-0.2, -0.15) is 0 Å². The van der Waals surface area contributed by atoms with Gasteiger partial charge in [0, 0.05) is 31.1 Å². The molecule has 2 saturated heterocycles. The molecule has 2 atom stereocenters. The molecule has 2 heterocycles. The first kappa shape index (κ1) is 16.3. The molecule has 0 radical (unpaired) electrons. The molecule has 21 heavy (non-hydrogen) atoms. The minimum absolute atomic E-state index is 0.00519. The first-order chi connectivity index (χ1) is 9.80. The lowest BCUT2D eigenvalue weighted by molar-refractivity contribution is -0.146. The number of rotatable bonds is 1. The van der Waals surface area contributed by atoms with Crippen LogP contribution in [0.1, 0.15) is 59.8 Å². The Morgan fingerprint density at radius 2 is 1.71 bits per heavy atom. The molecule has 0 N–H and O–H groups in total. The van der Waals surface area contributed by atoms with Crippen molar-refractivity contribution in [1.82, 2.24) is 9.80 Å². The third kappa shape index (κ3) is 3.78. The monoisotopic (exact) mass is 294 g/mol. The van der Waals surface area contributed by atoms with Crippen molar-refractivity contribution in [3.63, 3.8) is 0 Å². The van der Waals surface area contributed by atoms with Crippen molar-refractivity contribution in [1.29, 1.82) is 0 Å². The summed E-state index contributed by atoms with van der Waals surface area (Å²) >= 11 is 0. The lowest BCUT2D eigenvalue weighted by atomic mass is 9.90. The van der Waals surface area contributed by atoms with E-state index in [0.717, 1.165) is 38.8 Å². The SMILES string of the molecule is CC1CCCCN1C(=O)C1CCCN(C(=O)C(C)(C)C)C1. The maximum Gasteiger partial charge on any atom is 0.227 e. The molecule has 4 heteroatoms. The zero-order valence-electron chi connectivity index (χ0n) is 14.0. The number of carbonyl (C=O) groups excluding carboxylic acids is 2. The standard InChI is InChI=1S/C17H30N2O2/c1-13-8-5-6-11-19(13)15(20)14-9-7-10-18(12-14)16(21)17(2,3)4/h13-14H,5-12H2,1-4H3. The number of hydrogen-bond acceptors (Lipinski definition) is 2. The van der Waals surface area contributed by atoms with Crippen LogP contribution in [0.5, 0.6) is 0 Å². The summed E-state index contributed by atoms with van der Waals surface area (Å²) in [5.74, 6) is 0.450. The molecule has 2 amide bonds. The first-order valence-electron chi connectivity index (χ1n) is 8.40. The van der Waals surface area contributed by atoms with Crippen molar-refractivity contribution < 1.29 is 9.59 Å². The van der Waals surface area contributed by atoms with Gasteiger partial charge in [0.25, 0.3) is 0 Å². The Balaban J connectivity index is 2.00. The maximum absolute atomic E-state index is 12.8. The van der Waals surface area contributed by atoms with Crippen molar-refractivity contribution >= 4 is 11.8 Å². The number of amides is 2. The minimum Gasteiger partial charge on any atom is -0.341 e. The average molecular weight is 294 g/mol. The fraction of sp³-hybridized carbons (Fsp3) is 0.882. The molecule has 0 aromatic heterocycles. The smallest absolute Gasteiger partial charge is 0.227 e. The minimum atomic E-state index is -0.358. The van der Waals surface area contributed by atoms with Crippen LogP contribution < -0.4 is 0 Å². The highest BCUT2D eigenvalue weighted by molar-refractivity contribution is 5.84. The van der Waals surface area contributed by atoms with Crippen LogP contribution >= 0.6 is 0 Å². The second-order valence-corrected chi connectivity index (χ2v) is 7.72. The highest BCUT2D eigenvalue weighted by atomic mass is 16.2. The highest BCUT2D eigenvalue weighted by Gasteiger charge is 2.36. The maximum atomic E-state index is 12.8. The van der Waals surface area contributed by atoms with Gasteiger partial charge in [-0.15, -0.1) is 0 Å². The van der Waals surface area contributed by atoms with Crippen molar-refractivity contribution in [3.05, 3.63) is 0 Å². The molecular weight excluding hydrogens is 264 g/mol. The van der Waals surface area contributed by atoms with Gasteiger partial charge in [0.1, 0.15) is 0 Å². The molecule has 4 nitrogen and oxygen atoms in total. The van der Waals surface area contributed by atoms with Gasteiger partial charge in [0.05, 0.1) is 5.92 Å². The Morgan fingerprint density at radius 1 is 1.00 bits per heavy atom. The first-order valence-corrected chi connectivity index (χ1v) is 8.40. The van der Waals surface area contributed by atoms with Gasteiger partial charge in [-0.05, 0) is 39.0 Å². The Morgan fingerprint density at radius 3 is 2.33 bits per heavy atom. The predicted molar refractivity (Wildman–Crippen MR) is 83.8 cm³/mol. The van der Waals surface area contributed by atoms with Gasteiger partial charge in [-0.1, -0.05) is 20.8 Å². The topological polar surface area (TPSA) is 40.6 Å². The van der Waals surface area contributed by atoms with Gasteiger partial charge in [0.15, 0.2) is 0 Å². The van der Waals surface area contributed by atoms with Crippen LogP contribution in [0.25, 0.3) is 0 Å². The molecule has 0 aromatic rings. The largest absolute Gasteiger partial charge is 0.341 e. The van der Waals surface area contributed by atoms with Crippen LogP contribution in [0.15, 0.2) is 0 Å². The van der Waals surface area contributed by atoms with Crippen LogP contribution in [0, 0.1) is 11.3 Å². The van der Waals surface area contributed by atoms with E-state index in [0.29, 0.717) is 12.6 Å². The lowest BCUT2D eigenvalue weighted by Gasteiger charge is -2.40. The summed E-state index contributed by atoms with van der Waals surface area (Å²) in [5.41, 5.74) is -0.358. The van der Waals surface area contributed by atoms with Crippen LogP contribution in [-0.2, 0) is 9.59 Å². The highest BCUT2D eigenvalue weighted by Crippen LogP contribution is 2.26. The fourth-order valence-corrected chi connectivity index (χ4v) is 3.50. The zero-order valence-corrected chi connectivity index (χ0v) is 14.0. The van der Waals surface area contributed by atoms with E-state index >= 15 is 0 Å². The number of hydrogen-bond donors (Lipinski definition) is 0. The molecule has 2 aliphatic heterocycles. The molecule has 0 saturated carbocycles. The fourth-order valence-electron chi connectivity index (χ4n) is 3.50. The molecule has 120 valence electrons. The van der Waals surface area contributed by atoms with E-state index in [-0.39, 0.29) is 23.1 Å². The van der Waals surface area contributed by atoms with E-state index in [1.807, 2.05) is 25.7 Å². The van der Waals surface area contributed by atoms with Crippen LogP contribution in [0.2, 0.25) is 0 Å². The van der Waals surface area contributed by atoms with Crippen molar-refractivity contribution in [2.75, 3.05) is 19.6 Å². The Labute approximate surface area is 128 Å². The molecule has 2 aliphatic rings. The molecule has 0 bridgehead atoms. The van der Waals surface area contributed by atoms with Crippen molar-refractivity contribution in [3.8, 4) is 0 Å². The van der Waals surface area contributed by atoms with E-state index in [1.54, 1.807) is 0 Å². The summed E-state index contributed by atoms with van der Waals surface area (Å²) in [6, 6.07) is 0.361. The summed E-state index contributed by atoms with van der Waals surface area (Å²) in [5, 5.41) is 0. The van der Waals surface area contributed by atoms with Gasteiger partial charge in [-0.3, -0.25) is 9.59 Å². The van der Waals surface area contributed by atoms with Crippen LogP contribution in [0.3, 0.4) is 0 Å². The third-order valence-corrected chi connectivity index (χ3v) is 4.79. The van der Waals surface area contributed by atoms with Gasteiger partial charge >= 0.3 is 0 Å². The third-order valence-electron chi connectivity index (χ3n) is 4.79. The summed E-state index contributed by atoms with van der Waals surface area (Å²) in [7, 11) is 0. The second kappa shape index (κ2) is 6.37. The molecular formula is C17H30N2O2. The normalized spacial score (nSPS) is 27.6. The molecule has 0 aromatic carbocycles. The summed E-state index contributed by atoms with van der Waals surface area (Å²) in [6.45, 7) is 10.3. The Hall–Kier alpha value is -1.06. The van der Waals surface area contributed by atoms with Crippen LogP contribution in [-0.4, -0.2) is 47.3 Å². The molecule has 2 fully saturated rings. The Kier molecular flexibility index (Phi) is 4.95. The average Bonchev–Trinajstić information content (AvgIpc) is 2.45. The van der Waals surface area contributed by atoms with E-state index in [1.165, 1.54) is 6.42 Å². The van der Waals surface area contributed by atoms with E-state index in [4.69, 9.17) is 0 Å². The van der Waals surface area contributed by atoms with Crippen molar-refractivity contribution in [2.45, 2.75) is 65.8 Å². The van der Waals surface area contributed by atoms with Crippen molar-refractivity contribution in [2.24, 2.45) is 11.3 Å².